The maximum absolute atomic E-state index is 11.8. The van der Waals surface area contributed by atoms with Gasteiger partial charge in [-0.2, -0.15) is 0 Å². The first-order valence-electron chi connectivity index (χ1n) is 7.52. The van der Waals surface area contributed by atoms with Crippen LogP contribution in [0.4, 0.5) is 10.5 Å². The second-order valence-electron chi connectivity index (χ2n) is 6.65. The largest absolute Gasteiger partial charge is 0.507 e. The highest BCUT2D eigenvalue weighted by Gasteiger charge is 2.27. The first kappa shape index (κ1) is 20.2. The summed E-state index contributed by atoms with van der Waals surface area (Å²) in [5, 5.41) is 32.8. The topological polar surface area (TPSA) is 139 Å². The molecule has 9 nitrogen and oxygen atoms in total. The van der Waals surface area contributed by atoms with E-state index in [2.05, 4.69) is 5.32 Å². The van der Waals surface area contributed by atoms with Crippen LogP contribution < -0.4 is 5.32 Å². The lowest BCUT2D eigenvalue weighted by molar-refractivity contribution is -0.385. The van der Waals surface area contributed by atoms with Crippen LogP contribution in [-0.2, 0) is 16.0 Å². The number of carbonyl (C=O) groups is 2. The van der Waals surface area contributed by atoms with Crippen molar-refractivity contribution < 1.29 is 29.5 Å². The standard InChI is InChI=1S/C16H22N2O7/c1-8-9(2)13(19)10(7-12(8)18(23)24)6-11(14(20)21)17-15(22)25-16(3,4)5/h7,11,19H,6H2,1-5H3,(H,17,22)(H,20,21). The molecule has 0 aromatic heterocycles. The lowest BCUT2D eigenvalue weighted by atomic mass is 9.97. The first-order valence-corrected chi connectivity index (χ1v) is 7.52. The molecule has 9 heteroatoms. The van der Waals surface area contributed by atoms with Crippen molar-refractivity contribution in [2.75, 3.05) is 0 Å². The van der Waals surface area contributed by atoms with E-state index in [9.17, 15) is 29.9 Å². The highest BCUT2D eigenvalue weighted by Crippen LogP contribution is 2.33. The van der Waals surface area contributed by atoms with E-state index >= 15 is 0 Å². The van der Waals surface area contributed by atoms with Crippen LogP contribution >= 0.6 is 0 Å². The number of carboxylic acids is 1. The predicted octanol–water partition coefficient (Wildman–Crippen LogP) is 2.44. The Kier molecular flexibility index (Phi) is 5.96. The molecule has 138 valence electrons. The van der Waals surface area contributed by atoms with Gasteiger partial charge in [-0.1, -0.05) is 0 Å². The third-order valence-corrected chi connectivity index (χ3v) is 3.53. The van der Waals surface area contributed by atoms with Gasteiger partial charge in [-0.05, 0) is 34.6 Å². The number of nitro groups is 1. The number of alkyl carbamates (subject to hydrolysis) is 1. The zero-order valence-electron chi connectivity index (χ0n) is 14.7. The van der Waals surface area contributed by atoms with E-state index in [-0.39, 0.29) is 29.0 Å². The summed E-state index contributed by atoms with van der Waals surface area (Å²) < 4.78 is 5.01. The van der Waals surface area contributed by atoms with Gasteiger partial charge in [0.05, 0.1) is 4.92 Å². The Morgan fingerprint density at radius 1 is 1.32 bits per heavy atom. The number of aromatic hydroxyl groups is 1. The highest BCUT2D eigenvalue weighted by atomic mass is 16.6. The van der Waals surface area contributed by atoms with Crippen LogP contribution in [0.15, 0.2) is 6.07 Å². The number of carbonyl (C=O) groups excluding carboxylic acids is 1. The summed E-state index contributed by atoms with van der Waals surface area (Å²) in [6, 6.07) is -0.299. The molecular formula is C16H22N2O7. The predicted molar refractivity (Wildman–Crippen MR) is 88.7 cm³/mol. The Balaban J connectivity index is 3.13. The lowest BCUT2D eigenvalue weighted by Crippen LogP contribution is -2.44. The molecule has 3 N–H and O–H groups in total. The monoisotopic (exact) mass is 354 g/mol. The number of ether oxygens (including phenoxy) is 1. The Hall–Kier alpha value is -2.84. The maximum atomic E-state index is 11.8. The third kappa shape index (κ3) is 5.33. The van der Waals surface area contributed by atoms with E-state index in [1.54, 1.807) is 20.8 Å². The van der Waals surface area contributed by atoms with Crippen molar-refractivity contribution >= 4 is 17.7 Å². The number of hydrogen-bond acceptors (Lipinski definition) is 6. The number of rotatable bonds is 5. The summed E-state index contributed by atoms with van der Waals surface area (Å²) in [5.74, 6) is -1.59. The van der Waals surface area contributed by atoms with Crippen LogP contribution in [0, 0.1) is 24.0 Å². The molecule has 1 aromatic carbocycles. The number of nitro benzene ring substituents is 1. The summed E-state index contributed by atoms with van der Waals surface area (Å²) in [5.41, 5.74) is -0.414. The molecule has 0 heterocycles. The number of benzene rings is 1. The summed E-state index contributed by atoms with van der Waals surface area (Å²) in [4.78, 5) is 33.7. The molecule has 0 radical (unpaired) electrons. The van der Waals surface area contributed by atoms with Crippen molar-refractivity contribution in [3.05, 3.63) is 32.9 Å². The summed E-state index contributed by atoms with van der Waals surface area (Å²) in [6.45, 7) is 7.87. The highest BCUT2D eigenvalue weighted by molar-refractivity contribution is 5.80. The fourth-order valence-electron chi connectivity index (χ4n) is 2.17. The van der Waals surface area contributed by atoms with E-state index in [1.807, 2.05) is 0 Å². The molecule has 25 heavy (non-hydrogen) atoms. The molecule has 1 unspecified atom stereocenters. The van der Waals surface area contributed by atoms with Gasteiger partial charge < -0.3 is 20.3 Å². The zero-order chi connectivity index (χ0) is 19.5. The molecule has 1 atom stereocenters. The van der Waals surface area contributed by atoms with Crippen molar-refractivity contribution in [3.8, 4) is 5.75 Å². The number of phenolic OH excluding ortho intramolecular Hbond substituents is 1. The normalized spacial score (nSPS) is 12.4. The van der Waals surface area contributed by atoms with Gasteiger partial charge in [0, 0.05) is 29.2 Å². The molecule has 0 spiro atoms. The SMILES string of the molecule is Cc1c([N+](=O)[O-])cc(CC(NC(=O)OC(C)(C)C)C(=O)O)c(O)c1C. The van der Waals surface area contributed by atoms with Gasteiger partial charge in [0.1, 0.15) is 17.4 Å². The number of nitrogens with one attached hydrogen (secondary N) is 1. The number of carboxylic acid groups (broad SMARTS) is 1. The van der Waals surface area contributed by atoms with Gasteiger partial charge in [0.15, 0.2) is 0 Å². The van der Waals surface area contributed by atoms with E-state index in [0.29, 0.717) is 5.56 Å². The molecule has 0 aliphatic carbocycles. The van der Waals surface area contributed by atoms with Gasteiger partial charge in [-0.3, -0.25) is 10.1 Å². The minimum atomic E-state index is -1.41. The van der Waals surface area contributed by atoms with E-state index in [1.165, 1.54) is 13.8 Å². The lowest BCUT2D eigenvalue weighted by Gasteiger charge is -2.22. The Morgan fingerprint density at radius 2 is 1.88 bits per heavy atom. The van der Waals surface area contributed by atoms with Crippen LogP contribution in [-0.4, -0.2) is 38.8 Å². The number of nitrogens with zero attached hydrogens (tertiary/aromatic N) is 1. The molecule has 0 saturated heterocycles. The molecule has 0 aliphatic heterocycles. The van der Waals surface area contributed by atoms with Crippen LogP contribution in [0.3, 0.4) is 0 Å². The van der Waals surface area contributed by atoms with Crippen LogP contribution in [0.1, 0.15) is 37.5 Å². The quantitative estimate of drug-likeness (QED) is 0.545. The summed E-state index contributed by atoms with van der Waals surface area (Å²) in [6.07, 6.45) is -1.26. The molecule has 0 aliphatic rings. The Bertz CT molecular complexity index is 707. The Morgan fingerprint density at radius 3 is 2.32 bits per heavy atom. The Labute approximate surface area is 144 Å². The van der Waals surface area contributed by atoms with Crippen LogP contribution in [0.2, 0.25) is 0 Å². The molecular weight excluding hydrogens is 332 g/mol. The van der Waals surface area contributed by atoms with Gasteiger partial charge in [-0.25, -0.2) is 9.59 Å². The average Bonchev–Trinajstić information content (AvgIpc) is 2.44. The summed E-state index contributed by atoms with van der Waals surface area (Å²) >= 11 is 0. The van der Waals surface area contributed by atoms with Crippen molar-refractivity contribution in [2.24, 2.45) is 0 Å². The maximum Gasteiger partial charge on any atom is 0.408 e. The smallest absolute Gasteiger partial charge is 0.408 e. The number of phenols is 1. The molecule has 1 rings (SSSR count). The van der Waals surface area contributed by atoms with E-state index in [0.717, 1.165) is 6.07 Å². The van der Waals surface area contributed by atoms with Gasteiger partial charge in [0.2, 0.25) is 0 Å². The second kappa shape index (κ2) is 7.37. The van der Waals surface area contributed by atoms with Crippen molar-refractivity contribution in [1.82, 2.24) is 5.32 Å². The number of aliphatic carboxylic acids is 1. The summed E-state index contributed by atoms with van der Waals surface area (Å²) in [7, 11) is 0. The molecule has 0 bridgehead atoms. The van der Waals surface area contributed by atoms with Crippen LogP contribution in [0.5, 0.6) is 5.75 Å². The van der Waals surface area contributed by atoms with Crippen LogP contribution in [0.25, 0.3) is 0 Å². The minimum absolute atomic E-state index is 0.0539. The first-order chi connectivity index (χ1) is 11.3. The fraction of sp³-hybridized carbons (Fsp3) is 0.500. The average molecular weight is 354 g/mol. The van der Waals surface area contributed by atoms with E-state index in [4.69, 9.17) is 4.74 Å². The van der Waals surface area contributed by atoms with Crippen molar-refractivity contribution in [2.45, 2.75) is 52.7 Å². The molecule has 1 amide bonds. The van der Waals surface area contributed by atoms with E-state index < -0.39 is 28.6 Å². The molecule has 0 saturated carbocycles. The molecule has 0 fully saturated rings. The number of amides is 1. The minimum Gasteiger partial charge on any atom is -0.507 e. The van der Waals surface area contributed by atoms with Gasteiger partial charge in [0.25, 0.3) is 5.69 Å². The second-order valence-corrected chi connectivity index (χ2v) is 6.65. The van der Waals surface area contributed by atoms with Gasteiger partial charge >= 0.3 is 12.1 Å². The third-order valence-electron chi connectivity index (χ3n) is 3.53. The zero-order valence-corrected chi connectivity index (χ0v) is 14.7. The fourth-order valence-corrected chi connectivity index (χ4v) is 2.17. The number of hydrogen-bond donors (Lipinski definition) is 3. The van der Waals surface area contributed by atoms with Crippen molar-refractivity contribution in [1.29, 1.82) is 0 Å². The van der Waals surface area contributed by atoms with Crippen molar-refractivity contribution in [3.63, 3.8) is 0 Å². The molecule has 1 aromatic rings. The van der Waals surface area contributed by atoms with Gasteiger partial charge in [-0.15, -0.1) is 0 Å².